The first-order valence-corrected chi connectivity index (χ1v) is 18.0. The Labute approximate surface area is 312 Å². The highest BCUT2D eigenvalue weighted by molar-refractivity contribution is 6.13. The highest BCUT2D eigenvalue weighted by Crippen LogP contribution is 2.45. The zero-order valence-corrected chi connectivity index (χ0v) is 29.1. The second-order valence-corrected chi connectivity index (χ2v) is 13.5. The van der Waals surface area contributed by atoms with Crippen LogP contribution in [0.25, 0.3) is 88.4 Å². The molecular weight excluding hydrogens is 657 g/mol. The second kappa shape index (κ2) is 12.5. The molecule has 0 unspecified atom stereocenters. The van der Waals surface area contributed by atoms with Crippen molar-refractivity contribution in [1.82, 2.24) is 9.13 Å². The standard InChI is InChI=1S/C50H30N4/c51-31-35-18-13-19-36(32-52)50(35)44-29-42(34-16-5-2-6-17-34)49(30-41(44)33-14-3-1-4-15-33)54-47-25-12-9-22-40(47)43-28-37(26-27-48(43)54)53-45-23-10-7-20-38(45)39-21-8-11-24-46(39)53/h1-30H. The maximum Gasteiger partial charge on any atom is 0.0998 e. The van der Waals surface area contributed by atoms with E-state index in [0.717, 1.165) is 61.0 Å². The minimum Gasteiger partial charge on any atom is -0.309 e. The molecular formula is C50H30N4. The summed E-state index contributed by atoms with van der Waals surface area (Å²) >= 11 is 0. The lowest BCUT2D eigenvalue weighted by atomic mass is 9.86. The van der Waals surface area contributed by atoms with Gasteiger partial charge in [0.2, 0.25) is 0 Å². The van der Waals surface area contributed by atoms with Gasteiger partial charge in [-0.25, -0.2) is 0 Å². The lowest BCUT2D eigenvalue weighted by molar-refractivity contribution is 1.17. The summed E-state index contributed by atoms with van der Waals surface area (Å²) < 4.78 is 4.74. The van der Waals surface area contributed by atoms with Gasteiger partial charge < -0.3 is 9.13 Å². The SMILES string of the molecule is N#Cc1cccc(C#N)c1-c1cc(-c2ccccc2)c(-n2c3ccccc3c3cc(-n4c5ccccc5c5ccccc54)ccc32)cc1-c1ccccc1. The van der Waals surface area contributed by atoms with Gasteiger partial charge in [0.15, 0.2) is 0 Å². The summed E-state index contributed by atoms with van der Waals surface area (Å²) in [6.45, 7) is 0. The summed E-state index contributed by atoms with van der Waals surface area (Å²) in [6.07, 6.45) is 0. The first-order valence-electron chi connectivity index (χ1n) is 18.0. The van der Waals surface area contributed by atoms with Gasteiger partial charge in [-0.1, -0.05) is 121 Å². The van der Waals surface area contributed by atoms with E-state index in [4.69, 9.17) is 0 Å². The van der Waals surface area contributed by atoms with Gasteiger partial charge in [0.05, 0.1) is 51.0 Å². The fourth-order valence-corrected chi connectivity index (χ4v) is 8.27. The average Bonchev–Trinajstić information content (AvgIpc) is 3.76. The number of hydrogen-bond donors (Lipinski definition) is 0. The molecule has 0 amide bonds. The third-order valence-corrected chi connectivity index (χ3v) is 10.6. The maximum atomic E-state index is 10.3. The van der Waals surface area contributed by atoms with E-state index in [1.165, 1.54) is 21.8 Å². The van der Waals surface area contributed by atoms with Gasteiger partial charge in [-0.05, 0) is 82.9 Å². The van der Waals surface area contributed by atoms with Crippen LogP contribution in [0, 0.1) is 22.7 Å². The van der Waals surface area contributed by atoms with Crippen molar-refractivity contribution in [1.29, 1.82) is 10.5 Å². The van der Waals surface area contributed by atoms with E-state index in [9.17, 15) is 10.5 Å². The van der Waals surface area contributed by atoms with Gasteiger partial charge in [0.25, 0.3) is 0 Å². The molecule has 0 fully saturated rings. The quantitative estimate of drug-likeness (QED) is 0.181. The number of aromatic nitrogens is 2. The molecule has 8 aromatic carbocycles. The van der Waals surface area contributed by atoms with Crippen molar-refractivity contribution in [3.05, 3.63) is 193 Å². The zero-order chi connectivity index (χ0) is 36.2. The van der Waals surface area contributed by atoms with E-state index in [1.807, 2.05) is 24.3 Å². The Morgan fingerprint density at radius 1 is 0.352 bits per heavy atom. The van der Waals surface area contributed by atoms with Gasteiger partial charge >= 0.3 is 0 Å². The van der Waals surface area contributed by atoms with E-state index in [2.05, 4.69) is 161 Å². The lowest BCUT2D eigenvalue weighted by Gasteiger charge is -2.21. The molecule has 0 aliphatic rings. The van der Waals surface area contributed by atoms with E-state index in [0.29, 0.717) is 16.7 Å². The van der Waals surface area contributed by atoms with Crippen molar-refractivity contribution in [2.24, 2.45) is 0 Å². The molecule has 4 heteroatoms. The van der Waals surface area contributed by atoms with Crippen LogP contribution in [0.5, 0.6) is 0 Å². The van der Waals surface area contributed by atoms with Gasteiger partial charge in [0, 0.05) is 38.4 Å². The molecule has 0 aliphatic carbocycles. The molecule has 0 aliphatic heterocycles. The Balaban J connectivity index is 1.31. The molecule has 0 saturated carbocycles. The third kappa shape index (κ3) is 4.76. The van der Waals surface area contributed by atoms with E-state index >= 15 is 0 Å². The van der Waals surface area contributed by atoms with Gasteiger partial charge in [-0.15, -0.1) is 0 Å². The number of fused-ring (bicyclic) bond motifs is 6. The molecule has 2 heterocycles. The first kappa shape index (κ1) is 31.1. The van der Waals surface area contributed by atoms with Crippen molar-refractivity contribution in [3.63, 3.8) is 0 Å². The van der Waals surface area contributed by atoms with Crippen LogP contribution in [0.2, 0.25) is 0 Å². The minimum atomic E-state index is 0.465. The van der Waals surface area contributed by atoms with E-state index < -0.39 is 0 Å². The summed E-state index contributed by atoms with van der Waals surface area (Å²) in [6, 6.07) is 67.8. The molecule has 0 radical (unpaired) electrons. The number of nitriles is 2. The van der Waals surface area contributed by atoms with Gasteiger partial charge in [-0.3, -0.25) is 0 Å². The van der Waals surface area contributed by atoms with Crippen LogP contribution < -0.4 is 0 Å². The zero-order valence-electron chi connectivity index (χ0n) is 29.1. The smallest absolute Gasteiger partial charge is 0.0998 e. The molecule has 0 saturated heterocycles. The van der Waals surface area contributed by atoms with E-state index in [-0.39, 0.29) is 0 Å². The van der Waals surface area contributed by atoms with Crippen LogP contribution >= 0.6 is 0 Å². The molecule has 54 heavy (non-hydrogen) atoms. The summed E-state index contributed by atoms with van der Waals surface area (Å²) in [5.41, 5.74) is 13.0. The molecule has 2 aromatic heterocycles. The summed E-state index contributed by atoms with van der Waals surface area (Å²) in [5, 5.41) is 25.4. The Hall–Kier alpha value is -7.66. The summed E-state index contributed by atoms with van der Waals surface area (Å²) in [4.78, 5) is 0. The molecule has 10 aromatic rings. The van der Waals surface area contributed by atoms with Crippen LogP contribution in [0.15, 0.2) is 182 Å². The lowest BCUT2D eigenvalue weighted by Crippen LogP contribution is -2.01. The van der Waals surface area contributed by atoms with Crippen LogP contribution in [0.3, 0.4) is 0 Å². The van der Waals surface area contributed by atoms with Crippen molar-refractivity contribution < 1.29 is 0 Å². The van der Waals surface area contributed by atoms with Crippen LogP contribution in [-0.2, 0) is 0 Å². The van der Waals surface area contributed by atoms with E-state index in [1.54, 1.807) is 18.2 Å². The number of para-hydroxylation sites is 3. The Bertz CT molecular complexity index is 3090. The second-order valence-electron chi connectivity index (χ2n) is 13.5. The van der Waals surface area contributed by atoms with Gasteiger partial charge in [0.1, 0.15) is 0 Å². The van der Waals surface area contributed by atoms with Crippen LogP contribution in [0.1, 0.15) is 11.1 Å². The first-order chi connectivity index (χ1) is 26.7. The fraction of sp³-hybridized carbons (Fsp3) is 0. The molecule has 250 valence electrons. The molecule has 0 spiro atoms. The molecule has 0 bridgehead atoms. The molecule has 0 N–H and O–H groups in total. The molecule has 4 nitrogen and oxygen atoms in total. The Kier molecular flexibility index (Phi) is 7.22. The van der Waals surface area contributed by atoms with Crippen LogP contribution in [-0.4, -0.2) is 9.13 Å². The average molecular weight is 687 g/mol. The predicted octanol–water partition coefficient (Wildman–Crippen LogP) is 12.6. The number of hydrogen-bond acceptors (Lipinski definition) is 2. The molecule has 0 atom stereocenters. The predicted molar refractivity (Wildman–Crippen MR) is 221 cm³/mol. The third-order valence-electron chi connectivity index (χ3n) is 10.6. The fourth-order valence-electron chi connectivity index (χ4n) is 8.27. The van der Waals surface area contributed by atoms with Crippen molar-refractivity contribution >= 4 is 43.6 Å². The van der Waals surface area contributed by atoms with Crippen molar-refractivity contribution in [2.75, 3.05) is 0 Å². The van der Waals surface area contributed by atoms with Crippen molar-refractivity contribution in [3.8, 4) is 56.9 Å². The number of rotatable bonds is 5. The number of benzene rings is 8. The Morgan fingerprint density at radius 3 is 1.41 bits per heavy atom. The highest BCUT2D eigenvalue weighted by atomic mass is 15.0. The maximum absolute atomic E-state index is 10.3. The molecule has 10 rings (SSSR count). The monoisotopic (exact) mass is 686 g/mol. The number of nitrogens with zero attached hydrogens (tertiary/aromatic N) is 4. The largest absolute Gasteiger partial charge is 0.309 e. The normalized spacial score (nSPS) is 11.3. The van der Waals surface area contributed by atoms with Gasteiger partial charge in [-0.2, -0.15) is 10.5 Å². The van der Waals surface area contributed by atoms with Crippen LogP contribution in [0.4, 0.5) is 0 Å². The summed E-state index contributed by atoms with van der Waals surface area (Å²) in [5.74, 6) is 0. The summed E-state index contributed by atoms with van der Waals surface area (Å²) in [7, 11) is 0. The Morgan fingerprint density at radius 2 is 0.833 bits per heavy atom. The topological polar surface area (TPSA) is 57.4 Å². The van der Waals surface area contributed by atoms with Crippen molar-refractivity contribution in [2.45, 2.75) is 0 Å². The highest BCUT2D eigenvalue weighted by Gasteiger charge is 2.23. The minimum absolute atomic E-state index is 0.465.